The minimum atomic E-state index is -0.100. The smallest absolute Gasteiger partial charge is 0.258 e. The molecule has 1 aliphatic rings. The number of hydrogen-bond acceptors (Lipinski definition) is 3. The number of rotatable bonds is 6. The van der Waals surface area contributed by atoms with Gasteiger partial charge in [-0.15, -0.1) is 0 Å². The minimum absolute atomic E-state index is 0.100. The number of halogens is 1. The summed E-state index contributed by atoms with van der Waals surface area (Å²) in [7, 11) is 2.08. The molecule has 1 heterocycles. The molecule has 1 fully saturated rings. The first-order valence-corrected chi connectivity index (χ1v) is 11.5. The van der Waals surface area contributed by atoms with Crippen molar-refractivity contribution in [2.75, 3.05) is 38.1 Å². The lowest BCUT2D eigenvalue weighted by Crippen LogP contribution is -2.47. The summed E-state index contributed by atoms with van der Waals surface area (Å²) >= 11 is 6.01. The van der Waals surface area contributed by atoms with Gasteiger partial charge in [-0.25, -0.2) is 0 Å². The largest absolute Gasteiger partial charge is 0.340 e. The van der Waals surface area contributed by atoms with Crippen LogP contribution in [0.15, 0.2) is 78.9 Å². The molecule has 3 aromatic rings. The fraction of sp³-hybridized carbons (Fsp3) is 0.259. The number of carbonyl (C=O) groups excluding carboxylic acids is 2. The van der Waals surface area contributed by atoms with E-state index >= 15 is 0 Å². The number of amides is 2. The van der Waals surface area contributed by atoms with Gasteiger partial charge >= 0.3 is 0 Å². The molecule has 3 aromatic carbocycles. The highest BCUT2D eigenvalue weighted by molar-refractivity contribution is 6.30. The van der Waals surface area contributed by atoms with Gasteiger partial charge in [0, 0.05) is 42.5 Å². The van der Waals surface area contributed by atoms with E-state index in [1.807, 2.05) is 59.5 Å². The Bertz CT molecular complexity index is 1080. The molecule has 4 rings (SSSR count). The van der Waals surface area contributed by atoms with Crippen molar-refractivity contribution in [3.63, 3.8) is 0 Å². The lowest BCUT2D eigenvalue weighted by Gasteiger charge is -2.32. The van der Waals surface area contributed by atoms with Gasteiger partial charge in [0.25, 0.3) is 5.91 Å². The molecule has 6 heteroatoms. The summed E-state index contributed by atoms with van der Waals surface area (Å²) in [5.41, 5.74) is 3.34. The van der Waals surface area contributed by atoms with E-state index in [0.717, 1.165) is 43.0 Å². The first-order valence-electron chi connectivity index (χ1n) is 11.2. The van der Waals surface area contributed by atoms with Crippen LogP contribution in [0.3, 0.4) is 0 Å². The molecule has 2 amide bonds. The number of piperazine rings is 1. The van der Waals surface area contributed by atoms with Crippen molar-refractivity contribution in [1.29, 1.82) is 0 Å². The van der Waals surface area contributed by atoms with Gasteiger partial charge in [-0.1, -0.05) is 54.1 Å². The van der Waals surface area contributed by atoms with E-state index in [1.165, 1.54) is 0 Å². The van der Waals surface area contributed by atoms with Gasteiger partial charge in [-0.05, 0) is 54.6 Å². The molecule has 0 radical (unpaired) electrons. The van der Waals surface area contributed by atoms with E-state index in [0.29, 0.717) is 23.6 Å². The zero-order chi connectivity index (χ0) is 23.2. The van der Waals surface area contributed by atoms with E-state index in [-0.39, 0.29) is 11.8 Å². The summed E-state index contributed by atoms with van der Waals surface area (Å²) in [5, 5.41) is 0.593. The van der Waals surface area contributed by atoms with Crippen LogP contribution in [0.5, 0.6) is 0 Å². The van der Waals surface area contributed by atoms with Gasteiger partial charge in [-0.2, -0.15) is 0 Å². The lowest BCUT2D eigenvalue weighted by atomic mass is 10.1. The van der Waals surface area contributed by atoms with Crippen molar-refractivity contribution < 1.29 is 9.59 Å². The number of carbonyl (C=O) groups is 2. The average molecular weight is 462 g/mol. The van der Waals surface area contributed by atoms with Gasteiger partial charge < -0.3 is 14.7 Å². The van der Waals surface area contributed by atoms with Gasteiger partial charge in [-0.3, -0.25) is 9.59 Å². The first kappa shape index (κ1) is 23.0. The van der Waals surface area contributed by atoms with Crippen LogP contribution in [0.1, 0.15) is 21.5 Å². The normalized spacial score (nSPS) is 14.2. The Morgan fingerprint density at radius 2 is 1.45 bits per heavy atom. The van der Waals surface area contributed by atoms with Crippen LogP contribution in [0.4, 0.5) is 5.69 Å². The van der Waals surface area contributed by atoms with Gasteiger partial charge in [0.15, 0.2) is 0 Å². The molecule has 0 saturated carbocycles. The molecule has 33 heavy (non-hydrogen) atoms. The summed E-state index contributed by atoms with van der Waals surface area (Å²) in [6.45, 7) is 3.81. The second-order valence-corrected chi connectivity index (χ2v) is 8.85. The Hall–Kier alpha value is -3.15. The number of hydrogen-bond donors (Lipinski definition) is 0. The van der Waals surface area contributed by atoms with E-state index in [2.05, 4.69) is 11.9 Å². The molecule has 0 bridgehead atoms. The lowest BCUT2D eigenvalue weighted by molar-refractivity contribution is -0.132. The molecule has 1 saturated heterocycles. The molecule has 0 N–H and O–H groups in total. The molecule has 1 aliphatic heterocycles. The molecule has 0 aromatic heterocycles. The summed E-state index contributed by atoms with van der Waals surface area (Å²) in [5.74, 6) is 0.0472. The first-order chi connectivity index (χ1) is 16.0. The highest BCUT2D eigenvalue weighted by atomic mass is 35.5. The van der Waals surface area contributed by atoms with Crippen molar-refractivity contribution in [2.45, 2.75) is 13.0 Å². The zero-order valence-corrected chi connectivity index (χ0v) is 19.5. The monoisotopic (exact) mass is 461 g/mol. The number of likely N-dealkylation sites (N-methyl/N-ethyl adjacent to an activating group) is 1. The summed E-state index contributed by atoms with van der Waals surface area (Å²) in [4.78, 5) is 32.0. The third kappa shape index (κ3) is 6.01. The molecule has 0 atom stereocenters. The maximum Gasteiger partial charge on any atom is 0.258 e. The third-order valence-electron chi connectivity index (χ3n) is 5.98. The Morgan fingerprint density at radius 3 is 2.09 bits per heavy atom. The Labute approximate surface area is 200 Å². The standard InChI is InChI=1S/C27H28ClN3O2/c1-29-15-17-30(18-16-29)26(32)19-21-7-13-25(14-8-21)31(20-22-5-3-2-4-6-22)27(33)23-9-11-24(28)12-10-23/h2-14H,15-20H2,1H3. The van der Waals surface area contributed by atoms with E-state index in [9.17, 15) is 9.59 Å². The molecule has 170 valence electrons. The second-order valence-electron chi connectivity index (χ2n) is 8.41. The van der Waals surface area contributed by atoms with Crippen molar-refractivity contribution in [2.24, 2.45) is 0 Å². The van der Waals surface area contributed by atoms with Crippen LogP contribution >= 0.6 is 11.6 Å². The topological polar surface area (TPSA) is 43.9 Å². The van der Waals surface area contributed by atoms with Crippen LogP contribution in [-0.4, -0.2) is 54.8 Å². The zero-order valence-electron chi connectivity index (χ0n) is 18.8. The van der Waals surface area contributed by atoms with Crippen LogP contribution in [0, 0.1) is 0 Å². The maximum absolute atomic E-state index is 13.4. The highest BCUT2D eigenvalue weighted by Gasteiger charge is 2.21. The average Bonchev–Trinajstić information content (AvgIpc) is 2.84. The molecular weight excluding hydrogens is 434 g/mol. The minimum Gasteiger partial charge on any atom is -0.340 e. The van der Waals surface area contributed by atoms with Gasteiger partial charge in [0.1, 0.15) is 0 Å². The Kier molecular flexibility index (Phi) is 7.43. The molecule has 0 aliphatic carbocycles. The molecular formula is C27H28ClN3O2. The van der Waals surface area contributed by atoms with Gasteiger partial charge in [0.05, 0.1) is 13.0 Å². The van der Waals surface area contributed by atoms with E-state index < -0.39 is 0 Å². The van der Waals surface area contributed by atoms with Crippen molar-refractivity contribution in [1.82, 2.24) is 9.80 Å². The van der Waals surface area contributed by atoms with Crippen molar-refractivity contribution in [3.05, 3.63) is 101 Å². The van der Waals surface area contributed by atoms with Crippen molar-refractivity contribution >= 4 is 29.1 Å². The number of anilines is 1. The number of benzene rings is 3. The van der Waals surface area contributed by atoms with E-state index in [1.54, 1.807) is 29.2 Å². The summed E-state index contributed by atoms with van der Waals surface area (Å²) < 4.78 is 0. The van der Waals surface area contributed by atoms with Gasteiger partial charge in [0.2, 0.25) is 5.91 Å². The molecule has 5 nitrogen and oxygen atoms in total. The fourth-order valence-electron chi connectivity index (χ4n) is 3.93. The second kappa shape index (κ2) is 10.6. The Balaban J connectivity index is 1.52. The number of nitrogens with zero attached hydrogens (tertiary/aromatic N) is 3. The fourth-order valence-corrected chi connectivity index (χ4v) is 4.06. The molecule has 0 spiro atoms. The van der Waals surface area contributed by atoms with Crippen molar-refractivity contribution in [3.8, 4) is 0 Å². The highest BCUT2D eigenvalue weighted by Crippen LogP contribution is 2.22. The van der Waals surface area contributed by atoms with E-state index in [4.69, 9.17) is 11.6 Å². The van der Waals surface area contributed by atoms with Crippen LogP contribution in [0.2, 0.25) is 5.02 Å². The predicted molar refractivity (Wildman–Crippen MR) is 133 cm³/mol. The van der Waals surface area contributed by atoms with Crippen LogP contribution < -0.4 is 4.90 Å². The third-order valence-corrected chi connectivity index (χ3v) is 6.23. The molecule has 0 unspecified atom stereocenters. The SMILES string of the molecule is CN1CCN(C(=O)Cc2ccc(N(Cc3ccccc3)C(=O)c3ccc(Cl)cc3)cc2)CC1. The summed E-state index contributed by atoms with van der Waals surface area (Å²) in [6.07, 6.45) is 0.369. The quantitative estimate of drug-likeness (QED) is 0.542. The van der Waals surface area contributed by atoms with Crippen LogP contribution in [-0.2, 0) is 17.8 Å². The van der Waals surface area contributed by atoms with Crippen LogP contribution in [0.25, 0.3) is 0 Å². The predicted octanol–water partition coefficient (Wildman–Crippen LogP) is 4.50. The summed E-state index contributed by atoms with van der Waals surface area (Å²) in [6, 6.07) is 24.6. The maximum atomic E-state index is 13.4. The Morgan fingerprint density at radius 1 is 0.818 bits per heavy atom.